The number of nitrogens with one attached hydrogen (secondary N) is 1. The van der Waals surface area contributed by atoms with Gasteiger partial charge in [-0.1, -0.05) is 42.5 Å². The molecule has 0 bridgehead atoms. The first-order valence-electron chi connectivity index (χ1n) is 11.9. The van der Waals surface area contributed by atoms with E-state index in [1.807, 2.05) is 54.6 Å². The molecular formula is C28H30N4O2S. The van der Waals surface area contributed by atoms with Gasteiger partial charge in [-0.15, -0.1) is 0 Å². The smallest absolute Gasteiger partial charge is 0.152 e. The number of benzene rings is 3. The molecule has 0 saturated carbocycles. The second-order valence-corrected chi connectivity index (χ2v) is 9.87. The van der Waals surface area contributed by atoms with E-state index in [1.165, 1.54) is 11.3 Å². The van der Waals surface area contributed by atoms with Gasteiger partial charge >= 0.3 is 0 Å². The second-order valence-electron chi connectivity index (χ2n) is 8.69. The Morgan fingerprint density at radius 2 is 1.74 bits per heavy atom. The molecule has 180 valence electrons. The van der Waals surface area contributed by atoms with Crippen molar-refractivity contribution in [3.05, 3.63) is 90.6 Å². The first-order chi connectivity index (χ1) is 17.2. The van der Waals surface area contributed by atoms with Gasteiger partial charge in [-0.2, -0.15) is 0 Å². The van der Waals surface area contributed by atoms with Crippen molar-refractivity contribution in [2.75, 3.05) is 42.9 Å². The van der Waals surface area contributed by atoms with Gasteiger partial charge in [0.15, 0.2) is 11.0 Å². The van der Waals surface area contributed by atoms with Crippen LogP contribution < -0.4 is 14.4 Å². The molecule has 7 heteroatoms. The molecular weight excluding hydrogens is 456 g/mol. The topological polar surface area (TPSA) is 57.7 Å². The highest BCUT2D eigenvalue weighted by Crippen LogP contribution is 2.28. The standard InChI is InChI=1S/C28H30N4O2S/c1-34-26-10-3-2-9-25(26)32-18-6-17-31(19-20-32)21-22-12-14-24(15-13-22)30-35(33)27-11-4-7-23-8-5-16-29-28(23)27/h2-5,7-16,30H,6,17-21H2,1H3. The highest BCUT2D eigenvalue weighted by atomic mass is 32.2. The van der Waals surface area contributed by atoms with Crippen molar-refractivity contribution in [3.8, 4) is 5.75 Å². The summed E-state index contributed by atoms with van der Waals surface area (Å²) in [6.45, 7) is 4.95. The predicted octanol–water partition coefficient (Wildman–Crippen LogP) is 5.09. The molecule has 1 saturated heterocycles. The average Bonchev–Trinajstić information content (AvgIpc) is 3.15. The molecule has 1 aliphatic heterocycles. The van der Waals surface area contributed by atoms with Crippen molar-refractivity contribution >= 4 is 33.3 Å². The van der Waals surface area contributed by atoms with Crippen LogP contribution in [-0.2, 0) is 17.5 Å². The Morgan fingerprint density at radius 1 is 0.914 bits per heavy atom. The molecule has 0 spiro atoms. The molecule has 1 fully saturated rings. The maximum atomic E-state index is 13.0. The molecule has 6 nitrogen and oxygen atoms in total. The molecule has 4 aromatic rings. The molecule has 1 atom stereocenters. The number of aromatic nitrogens is 1. The van der Waals surface area contributed by atoms with Crippen LogP contribution in [0.5, 0.6) is 5.75 Å². The van der Waals surface area contributed by atoms with E-state index < -0.39 is 11.0 Å². The summed E-state index contributed by atoms with van der Waals surface area (Å²) in [5, 5.41) is 0.984. The summed E-state index contributed by atoms with van der Waals surface area (Å²) in [4.78, 5) is 10.0. The van der Waals surface area contributed by atoms with E-state index in [-0.39, 0.29) is 0 Å². The minimum Gasteiger partial charge on any atom is -0.495 e. The summed E-state index contributed by atoms with van der Waals surface area (Å²) in [6.07, 6.45) is 2.84. The van der Waals surface area contributed by atoms with Gasteiger partial charge in [-0.25, -0.2) is 4.21 Å². The van der Waals surface area contributed by atoms with E-state index in [1.54, 1.807) is 13.3 Å². The summed E-state index contributed by atoms with van der Waals surface area (Å²) in [7, 11) is 0.344. The normalized spacial score (nSPS) is 15.5. The van der Waals surface area contributed by atoms with Crippen LogP contribution in [0.1, 0.15) is 12.0 Å². The summed E-state index contributed by atoms with van der Waals surface area (Å²) < 4.78 is 21.7. The molecule has 0 amide bonds. The van der Waals surface area contributed by atoms with Crippen molar-refractivity contribution < 1.29 is 8.95 Å². The first-order valence-corrected chi connectivity index (χ1v) is 13.1. The Kier molecular flexibility index (Phi) is 7.25. The maximum Gasteiger partial charge on any atom is 0.152 e. The Labute approximate surface area is 209 Å². The number of pyridine rings is 1. The maximum absolute atomic E-state index is 13.0. The number of rotatable bonds is 7. The lowest BCUT2D eigenvalue weighted by Crippen LogP contribution is -2.30. The number of hydrogen-bond acceptors (Lipinski definition) is 5. The lowest BCUT2D eigenvalue weighted by atomic mass is 10.2. The summed E-state index contributed by atoms with van der Waals surface area (Å²) in [5.74, 6) is 0.931. The minimum absolute atomic E-state index is 0.691. The third-order valence-electron chi connectivity index (χ3n) is 6.38. The lowest BCUT2D eigenvalue weighted by Gasteiger charge is -2.25. The highest BCUT2D eigenvalue weighted by molar-refractivity contribution is 7.86. The molecule has 0 aliphatic carbocycles. The Hall–Kier alpha value is -3.42. The SMILES string of the molecule is COc1ccccc1N1CCCN(Cc2ccc(NS(=O)c3cccc4cccnc34)cc2)CC1. The monoisotopic (exact) mass is 486 g/mol. The van der Waals surface area contributed by atoms with Crippen molar-refractivity contribution in [1.29, 1.82) is 0 Å². The third kappa shape index (κ3) is 5.47. The number of methoxy groups -OCH3 is 1. The van der Waals surface area contributed by atoms with Crippen LogP contribution in [0.3, 0.4) is 0 Å². The predicted molar refractivity (Wildman–Crippen MR) is 143 cm³/mol. The molecule has 0 radical (unpaired) electrons. The van der Waals surface area contributed by atoms with Crippen LogP contribution >= 0.6 is 0 Å². The van der Waals surface area contributed by atoms with Crippen LogP contribution in [0.4, 0.5) is 11.4 Å². The average molecular weight is 487 g/mol. The van der Waals surface area contributed by atoms with Gasteiger partial charge in [-0.05, 0) is 48.4 Å². The van der Waals surface area contributed by atoms with Gasteiger partial charge in [0.05, 0.1) is 23.2 Å². The molecule has 5 rings (SSSR count). The summed E-state index contributed by atoms with van der Waals surface area (Å²) >= 11 is 0. The van der Waals surface area contributed by atoms with Gasteiger partial charge in [0, 0.05) is 50.0 Å². The molecule has 1 N–H and O–H groups in total. The second kappa shape index (κ2) is 10.9. The number of para-hydroxylation sites is 3. The molecule has 2 heterocycles. The van der Waals surface area contributed by atoms with E-state index in [0.717, 1.165) is 61.5 Å². The number of ether oxygens (including phenoxy) is 1. The van der Waals surface area contributed by atoms with E-state index in [9.17, 15) is 4.21 Å². The van der Waals surface area contributed by atoms with Gasteiger partial charge < -0.3 is 14.4 Å². The Balaban J connectivity index is 1.20. The van der Waals surface area contributed by atoms with Crippen molar-refractivity contribution in [1.82, 2.24) is 9.88 Å². The first kappa shape index (κ1) is 23.3. The highest BCUT2D eigenvalue weighted by Gasteiger charge is 2.18. The zero-order valence-corrected chi connectivity index (χ0v) is 20.7. The molecule has 3 aromatic carbocycles. The number of fused-ring (bicyclic) bond motifs is 1. The van der Waals surface area contributed by atoms with Gasteiger partial charge in [-0.3, -0.25) is 9.88 Å². The molecule has 1 unspecified atom stereocenters. The van der Waals surface area contributed by atoms with Crippen LogP contribution in [0.15, 0.2) is 90.0 Å². The van der Waals surface area contributed by atoms with E-state index in [2.05, 4.69) is 43.8 Å². The molecule has 35 heavy (non-hydrogen) atoms. The van der Waals surface area contributed by atoms with Gasteiger partial charge in [0.25, 0.3) is 0 Å². The lowest BCUT2D eigenvalue weighted by molar-refractivity contribution is 0.285. The fraction of sp³-hybridized carbons (Fsp3) is 0.250. The van der Waals surface area contributed by atoms with Crippen molar-refractivity contribution in [3.63, 3.8) is 0 Å². The minimum atomic E-state index is -1.39. The third-order valence-corrected chi connectivity index (χ3v) is 7.53. The van der Waals surface area contributed by atoms with Crippen molar-refractivity contribution in [2.24, 2.45) is 0 Å². The van der Waals surface area contributed by atoms with Crippen LogP contribution in [0.25, 0.3) is 10.9 Å². The molecule has 1 aromatic heterocycles. The quantitative estimate of drug-likeness (QED) is 0.394. The fourth-order valence-corrected chi connectivity index (χ4v) is 5.59. The van der Waals surface area contributed by atoms with Gasteiger partial charge in [0.1, 0.15) is 5.75 Å². The van der Waals surface area contributed by atoms with Crippen LogP contribution in [0.2, 0.25) is 0 Å². The number of hydrogen-bond donors (Lipinski definition) is 1. The number of nitrogens with zero attached hydrogens (tertiary/aromatic N) is 3. The van der Waals surface area contributed by atoms with Crippen LogP contribution in [-0.4, -0.2) is 47.4 Å². The summed E-state index contributed by atoms with van der Waals surface area (Å²) in [6, 6.07) is 26.1. The molecule has 1 aliphatic rings. The van der Waals surface area contributed by atoms with E-state index in [0.29, 0.717) is 4.90 Å². The Bertz CT molecular complexity index is 1310. The Morgan fingerprint density at radius 3 is 2.60 bits per heavy atom. The summed E-state index contributed by atoms with van der Waals surface area (Å²) in [5.41, 5.74) is 4.01. The van der Waals surface area contributed by atoms with E-state index >= 15 is 0 Å². The van der Waals surface area contributed by atoms with Crippen molar-refractivity contribution in [2.45, 2.75) is 17.9 Å². The zero-order chi connectivity index (χ0) is 24.0. The zero-order valence-electron chi connectivity index (χ0n) is 19.9. The fourth-order valence-electron chi connectivity index (χ4n) is 4.59. The largest absolute Gasteiger partial charge is 0.495 e. The van der Waals surface area contributed by atoms with Gasteiger partial charge in [0.2, 0.25) is 0 Å². The number of anilines is 2. The van der Waals surface area contributed by atoms with Crippen LogP contribution in [0, 0.1) is 0 Å². The van der Waals surface area contributed by atoms with E-state index in [4.69, 9.17) is 4.74 Å².